The molecule has 0 heterocycles. The van der Waals surface area contributed by atoms with E-state index in [0.29, 0.717) is 30.7 Å². The van der Waals surface area contributed by atoms with E-state index < -0.39 is 42.1 Å². The van der Waals surface area contributed by atoms with Crippen molar-refractivity contribution in [3.63, 3.8) is 0 Å². The normalized spacial score (nSPS) is 14.2. The van der Waals surface area contributed by atoms with Crippen LogP contribution < -0.4 is 15.2 Å². The Morgan fingerprint density at radius 2 is 1.32 bits per heavy atom. The second-order valence-electron chi connectivity index (χ2n) is 11.1. The zero-order chi connectivity index (χ0) is 30.4. The molecule has 4 atom stereocenters. The number of hydrogen-bond donors (Lipinski definition) is 2. The van der Waals surface area contributed by atoms with Crippen molar-refractivity contribution >= 4 is 24.1 Å². The van der Waals surface area contributed by atoms with Crippen LogP contribution in [0, 0.1) is 11.8 Å². The van der Waals surface area contributed by atoms with Crippen LogP contribution in [0.1, 0.15) is 105 Å². The first kappa shape index (κ1) is 34.9. The zero-order valence-corrected chi connectivity index (χ0v) is 24.9. The van der Waals surface area contributed by atoms with Gasteiger partial charge in [0.2, 0.25) is 0 Å². The summed E-state index contributed by atoms with van der Waals surface area (Å²) in [6.07, 6.45) is 1.27. The average Bonchev–Trinajstić information content (AvgIpc) is 2.85. The van der Waals surface area contributed by atoms with Gasteiger partial charge in [0.05, 0.1) is 0 Å². The van der Waals surface area contributed by atoms with Crippen LogP contribution in [0.15, 0.2) is 18.2 Å². The highest BCUT2D eigenvalue weighted by Crippen LogP contribution is 2.35. The van der Waals surface area contributed by atoms with Crippen LogP contribution in [0.4, 0.5) is 4.79 Å². The summed E-state index contributed by atoms with van der Waals surface area (Å²) >= 11 is 0. The van der Waals surface area contributed by atoms with E-state index in [0.717, 1.165) is 6.42 Å². The van der Waals surface area contributed by atoms with Gasteiger partial charge in [-0.3, -0.25) is 14.4 Å². The number of benzene rings is 1. The van der Waals surface area contributed by atoms with E-state index in [-0.39, 0.29) is 42.8 Å². The van der Waals surface area contributed by atoms with Crippen molar-refractivity contribution in [2.24, 2.45) is 17.6 Å². The van der Waals surface area contributed by atoms with Gasteiger partial charge in [-0.15, -0.1) is 0 Å². The van der Waals surface area contributed by atoms with Crippen LogP contribution >= 0.6 is 0 Å². The van der Waals surface area contributed by atoms with Gasteiger partial charge in [0, 0.05) is 18.8 Å². The predicted molar refractivity (Wildman–Crippen MR) is 150 cm³/mol. The molecular formula is C30H47NO9. The van der Waals surface area contributed by atoms with Crippen LogP contribution in [0.3, 0.4) is 0 Å². The van der Waals surface area contributed by atoms with Gasteiger partial charge < -0.3 is 29.8 Å². The maximum Gasteiger partial charge on any atom is 0.508 e. The van der Waals surface area contributed by atoms with Crippen LogP contribution in [0.5, 0.6) is 11.5 Å². The van der Waals surface area contributed by atoms with Crippen molar-refractivity contribution in [1.29, 1.82) is 0 Å². The highest BCUT2D eigenvalue weighted by Gasteiger charge is 2.30. The summed E-state index contributed by atoms with van der Waals surface area (Å²) in [6.45, 7) is 13.3. The summed E-state index contributed by atoms with van der Waals surface area (Å²) in [4.78, 5) is 49.1. The van der Waals surface area contributed by atoms with E-state index in [1.54, 1.807) is 19.9 Å². The molecule has 1 aromatic rings. The number of carbonyl (C=O) groups excluding carboxylic acids is 3. The van der Waals surface area contributed by atoms with Gasteiger partial charge in [-0.25, -0.2) is 4.79 Å². The third-order valence-electron chi connectivity index (χ3n) is 6.29. The van der Waals surface area contributed by atoms with Crippen molar-refractivity contribution < 1.29 is 43.2 Å². The number of hydrogen-bond acceptors (Lipinski definition) is 9. The number of carboxylic acids is 1. The molecule has 10 heteroatoms. The molecule has 0 amide bonds. The largest absolute Gasteiger partial charge is 0.508 e. The molecule has 0 saturated carbocycles. The lowest BCUT2D eigenvalue weighted by Crippen LogP contribution is -2.38. The molecule has 3 unspecified atom stereocenters. The molecule has 1 aromatic carbocycles. The fourth-order valence-electron chi connectivity index (χ4n) is 3.97. The van der Waals surface area contributed by atoms with Crippen molar-refractivity contribution in [2.75, 3.05) is 0 Å². The van der Waals surface area contributed by atoms with Gasteiger partial charge in [-0.1, -0.05) is 47.1 Å². The summed E-state index contributed by atoms with van der Waals surface area (Å²) in [5.41, 5.74) is 6.47. The molecule has 0 fully saturated rings. The van der Waals surface area contributed by atoms with Crippen molar-refractivity contribution in [1.82, 2.24) is 0 Å². The van der Waals surface area contributed by atoms with Gasteiger partial charge in [0.1, 0.15) is 18.2 Å². The van der Waals surface area contributed by atoms with Gasteiger partial charge in [-0.2, -0.15) is 0 Å². The summed E-state index contributed by atoms with van der Waals surface area (Å²) in [5.74, 6) is -2.43. The fourth-order valence-corrected chi connectivity index (χ4v) is 3.97. The maximum atomic E-state index is 12.6. The van der Waals surface area contributed by atoms with Crippen LogP contribution in [-0.4, -0.2) is 47.4 Å². The number of ether oxygens (including phenoxy) is 4. The van der Waals surface area contributed by atoms with E-state index in [1.165, 1.54) is 12.1 Å². The van der Waals surface area contributed by atoms with Gasteiger partial charge in [-0.05, 0) is 69.1 Å². The summed E-state index contributed by atoms with van der Waals surface area (Å²) in [7, 11) is 0. The molecule has 0 spiro atoms. The Hall–Kier alpha value is -3.14. The smallest absolute Gasteiger partial charge is 0.480 e. The molecule has 0 bridgehead atoms. The van der Waals surface area contributed by atoms with Crippen LogP contribution in [-0.2, 0) is 23.9 Å². The Morgan fingerprint density at radius 3 is 1.82 bits per heavy atom. The predicted octanol–water partition coefficient (Wildman–Crippen LogP) is 5.99. The number of esters is 2. The molecule has 0 radical (unpaired) electrons. The summed E-state index contributed by atoms with van der Waals surface area (Å²) in [5, 5.41) is 9.69. The van der Waals surface area contributed by atoms with E-state index in [4.69, 9.17) is 24.7 Å². The second-order valence-corrected chi connectivity index (χ2v) is 11.1. The number of rotatable bonds is 17. The molecule has 226 valence electrons. The van der Waals surface area contributed by atoms with Crippen LogP contribution in [0.25, 0.3) is 0 Å². The van der Waals surface area contributed by atoms with Gasteiger partial charge >= 0.3 is 24.1 Å². The number of carboxylic acid groups (broad SMARTS) is 1. The molecule has 3 N–H and O–H groups in total. The number of carbonyl (C=O) groups is 4. The first-order chi connectivity index (χ1) is 18.7. The minimum absolute atomic E-state index is 0.00638. The molecule has 0 aliphatic carbocycles. The van der Waals surface area contributed by atoms with Crippen molar-refractivity contribution in [3.8, 4) is 11.5 Å². The molecular weight excluding hydrogens is 518 g/mol. The van der Waals surface area contributed by atoms with Crippen LogP contribution in [0.2, 0.25) is 0 Å². The van der Waals surface area contributed by atoms with E-state index in [1.807, 2.05) is 34.6 Å². The number of aliphatic carboxylic acids is 1. The average molecular weight is 566 g/mol. The highest BCUT2D eigenvalue weighted by atomic mass is 16.7. The Morgan fingerprint density at radius 1 is 0.800 bits per heavy atom. The van der Waals surface area contributed by atoms with Gasteiger partial charge in [0.25, 0.3) is 0 Å². The van der Waals surface area contributed by atoms with E-state index in [2.05, 4.69) is 0 Å². The quantitative estimate of drug-likeness (QED) is 0.170. The minimum atomic E-state index is -1.36. The summed E-state index contributed by atoms with van der Waals surface area (Å²) < 4.78 is 21.7. The summed E-state index contributed by atoms with van der Waals surface area (Å²) in [6, 6.07) is 3.13. The Kier molecular flexibility index (Phi) is 15.3. The standard InChI is InChI=1S/C30H47NO9/c1-8-9-20(6)37-30(36)38-21(7)16-23(28(31)29(34)35)22-12-13-24(39-26(32)14-10-18(2)3)25(17-22)40-27(33)15-11-19(4)5/h12-13,17-21,23,28H,8-11,14-16,31H2,1-7H3,(H,34,35)/t20?,21?,23?,28-/m0/s1. The zero-order valence-electron chi connectivity index (χ0n) is 24.9. The van der Waals surface area contributed by atoms with Gasteiger partial charge in [0.15, 0.2) is 11.5 Å². The number of nitrogens with two attached hydrogens (primary N) is 1. The Labute approximate surface area is 237 Å². The van der Waals surface area contributed by atoms with Crippen molar-refractivity contribution in [2.45, 2.75) is 118 Å². The third-order valence-corrected chi connectivity index (χ3v) is 6.29. The highest BCUT2D eigenvalue weighted by molar-refractivity contribution is 5.77. The maximum absolute atomic E-state index is 12.6. The minimum Gasteiger partial charge on any atom is -0.480 e. The van der Waals surface area contributed by atoms with E-state index >= 15 is 0 Å². The molecule has 1 rings (SSSR count). The SMILES string of the molecule is CCCC(C)OC(=O)OC(C)CC(c1ccc(OC(=O)CCC(C)C)c(OC(=O)CCC(C)C)c1)[C@H](N)C(=O)O. The second kappa shape index (κ2) is 17.5. The monoisotopic (exact) mass is 565 g/mol. The Bertz CT molecular complexity index is 976. The molecule has 0 aliphatic rings. The lowest BCUT2D eigenvalue weighted by molar-refractivity contribution is -0.139. The lowest BCUT2D eigenvalue weighted by atomic mass is 9.87. The first-order valence-electron chi connectivity index (χ1n) is 14.1. The topological polar surface area (TPSA) is 151 Å². The van der Waals surface area contributed by atoms with E-state index in [9.17, 15) is 24.3 Å². The fraction of sp³-hybridized carbons (Fsp3) is 0.667. The first-order valence-corrected chi connectivity index (χ1v) is 14.1. The molecule has 0 saturated heterocycles. The Balaban J connectivity index is 3.25. The molecule has 0 aromatic heterocycles. The third kappa shape index (κ3) is 13.3. The lowest BCUT2D eigenvalue weighted by Gasteiger charge is -2.25. The molecule has 0 aliphatic heterocycles. The molecule has 10 nitrogen and oxygen atoms in total. The molecule has 40 heavy (non-hydrogen) atoms. The van der Waals surface area contributed by atoms with Crippen molar-refractivity contribution in [3.05, 3.63) is 23.8 Å².